The molecule has 5 N–H and O–H groups in total. The molecule has 0 unspecified atom stereocenters. The Labute approximate surface area is 306 Å². The molecule has 2 aliphatic heterocycles. The maximum absolute atomic E-state index is 13.9. The summed E-state index contributed by atoms with van der Waals surface area (Å²) in [5.41, 5.74) is 5.74. The van der Waals surface area contributed by atoms with Crippen molar-refractivity contribution in [1.82, 2.24) is 49.5 Å². The highest BCUT2D eigenvalue weighted by Gasteiger charge is 2.43. The number of H-pyrrole nitrogens is 1. The van der Waals surface area contributed by atoms with Crippen LogP contribution in [0.3, 0.4) is 0 Å². The van der Waals surface area contributed by atoms with Gasteiger partial charge in [0.1, 0.15) is 40.7 Å². The fourth-order valence-corrected chi connectivity index (χ4v) is 6.20. The maximum Gasteiger partial charge on any atom is 0.257 e. The van der Waals surface area contributed by atoms with Gasteiger partial charge in [0.2, 0.25) is 29.3 Å². The first-order valence-corrected chi connectivity index (χ1v) is 16.8. The molecule has 6 aromatic rings. The van der Waals surface area contributed by atoms with Crippen molar-refractivity contribution in [2.45, 2.75) is 65.5 Å². The highest BCUT2D eigenvalue weighted by atomic mass is 19.1. The minimum Gasteiger partial charge on any atom is -0.383 e. The van der Waals surface area contributed by atoms with Gasteiger partial charge in [-0.25, -0.2) is 43.1 Å². The predicted octanol–water partition coefficient (Wildman–Crippen LogP) is 3.80. The molecule has 0 saturated carbocycles. The van der Waals surface area contributed by atoms with E-state index in [9.17, 15) is 23.2 Å². The Hall–Kier alpha value is -6.72. The van der Waals surface area contributed by atoms with Crippen molar-refractivity contribution in [2.75, 3.05) is 16.4 Å². The van der Waals surface area contributed by atoms with Crippen LogP contribution in [0.25, 0.3) is 23.3 Å². The van der Waals surface area contributed by atoms with Crippen molar-refractivity contribution in [1.29, 1.82) is 0 Å². The van der Waals surface area contributed by atoms with E-state index >= 15 is 0 Å². The Morgan fingerprint density at radius 2 is 1.13 bits per heavy atom. The number of anilines is 3. The second-order valence-electron chi connectivity index (χ2n) is 13.9. The van der Waals surface area contributed by atoms with Crippen LogP contribution in [0.1, 0.15) is 61.6 Å². The highest BCUT2D eigenvalue weighted by molar-refractivity contribution is 6.06. The van der Waals surface area contributed by atoms with E-state index in [2.05, 4.69) is 50.7 Å². The molecule has 16 nitrogen and oxygen atoms in total. The van der Waals surface area contributed by atoms with Crippen LogP contribution < -0.4 is 21.9 Å². The number of carbonyl (C=O) groups excluding carboxylic acids is 2. The van der Waals surface area contributed by atoms with E-state index in [0.29, 0.717) is 39.7 Å². The molecule has 18 heteroatoms. The SMILES string of the molecule is Cc1nc(-c2nc(N)c3c(n2)NC(=O)C3(C)C)nn1Cc1ccccc1F.Cc1nc(-c2nc3c(c(=O)[nH]2)C(C)(C)C(=O)N3)nn1Cc1ccccc1F. The summed E-state index contributed by atoms with van der Waals surface area (Å²) in [6.07, 6.45) is 0. The van der Waals surface area contributed by atoms with Crippen molar-refractivity contribution < 1.29 is 18.4 Å². The molecule has 0 saturated heterocycles. The number of aryl methyl sites for hydroxylation is 2. The molecule has 2 aromatic carbocycles. The maximum atomic E-state index is 13.9. The summed E-state index contributed by atoms with van der Waals surface area (Å²) in [6.45, 7) is 10.8. The highest BCUT2D eigenvalue weighted by Crippen LogP contribution is 2.40. The monoisotopic (exact) mass is 735 g/mol. The lowest BCUT2D eigenvalue weighted by molar-refractivity contribution is -0.120. The zero-order valence-electron chi connectivity index (χ0n) is 30.1. The van der Waals surface area contributed by atoms with Crippen molar-refractivity contribution in [3.8, 4) is 23.3 Å². The Kier molecular flexibility index (Phi) is 8.62. The van der Waals surface area contributed by atoms with Gasteiger partial charge < -0.3 is 21.4 Å². The third-order valence-corrected chi connectivity index (χ3v) is 9.39. The second-order valence-corrected chi connectivity index (χ2v) is 13.9. The number of halogens is 2. The summed E-state index contributed by atoms with van der Waals surface area (Å²) in [6, 6.07) is 12.9. The third-order valence-electron chi connectivity index (χ3n) is 9.39. The molecule has 0 bridgehead atoms. The minimum atomic E-state index is -0.956. The first-order valence-electron chi connectivity index (χ1n) is 16.8. The van der Waals surface area contributed by atoms with Crippen molar-refractivity contribution in [3.05, 3.63) is 104 Å². The topological polar surface area (TPSA) is 217 Å². The van der Waals surface area contributed by atoms with Gasteiger partial charge in [-0.2, -0.15) is 0 Å². The number of aromatic nitrogens is 10. The fourth-order valence-electron chi connectivity index (χ4n) is 6.20. The molecule has 8 rings (SSSR count). The van der Waals surface area contributed by atoms with Gasteiger partial charge in [0, 0.05) is 11.1 Å². The van der Waals surface area contributed by atoms with E-state index in [-0.39, 0.29) is 71.5 Å². The summed E-state index contributed by atoms with van der Waals surface area (Å²) < 4.78 is 30.9. The molecule has 276 valence electrons. The lowest BCUT2D eigenvalue weighted by atomic mass is 9.87. The molecule has 0 radical (unpaired) electrons. The smallest absolute Gasteiger partial charge is 0.257 e. The average molecular weight is 736 g/mol. The van der Waals surface area contributed by atoms with Crippen LogP contribution in [0.5, 0.6) is 0 Å². The van der Waals surface area contributed by atoms with Gasteiger partial charge >= 0.3 is 0 Å². The van der Waals surface area contributed by atoms with Gasteiger partial charge in [0.15, 0.2) is 5.82 Å². The summed E-state index contributed by atoms with van der Waals surface area (Å²) in [7, 11) is 0. The molecule has 0 atom stereocenters. The second kappa shape index (κ2) is 13.0. The van der Waals surface area contributed by atoms with Crippen LogP contribution in [0.4, 0.5) is 26.2 Å². The Bertz CT molecular complexity index is 2560. The van der Waals surface area contributed by atoms with Crippen LogP contribution in [0, 0.1) is 25.5 Å². The number of nitrogens with zero attached hydrogens (tertiary/aromatic N) is 9. The van der Waals surface area contributed by atoms with E-state index in [1.54, 1.807) is 82.6 Å². The van der Waals surface area contributed by atoms with Crippen molar-refractivity contribution in [3.63, 3.8) is 0 Å². The number of aromatic amines is 1. The molecule has 54 heavy (non-hydrogen) atoms. The van der Waals surface area contributed by atoms with Crippen LogP contribution in [0.15, 0.2) is 53.3 Å². The molecule has 2 amide bonds. The Morgan fingerprint density at radius 3 is 1.69 bits per heavy atom. The number of carbonyl (C=O) groups is 2. The molecular formula is C36H35F2N13O3. The Morgan fingerprint density at radius 1 is 0.648 bits per heavy atom. The van der Waals surface area contributed by atoms with E-state index in [1.807, 2.05) is 0 Å². The Balaban J connectivity index is 0.000000167. The number of nitrogen functional groups attached to an aromatic ring is 1. The van der Waals surface area contributed by atoms with Crippen LogP contribution in [-0.2, 0) is 33.5 Å². The van der Waals surface area contributed by atoms with E-state index in [4.69, 9.17) is 5.73 Å². The molecule has 4 aromatic heterocycles. The number of rotatable bonds is 6. The van der Waals surface area contributed by atoms with E-state index in [1.165, 1.54) is 16.8 Å². The fraction of sp³-hybridized carbons (Fsp3) is 0.278. The first kappa shape index (κ1) is 35.7. The zero-order valence-corrected chi connectivity index (χ0v) is 30.1. The quantitative estimate of drug-likeness (QED) is 0.193. The molecule has 0 fully saturated rings. The molecule has 2 aliphatic rings. The lowest BCUT2D eigenvalue weighted by Crippen LogP contribution is -2.31. The summed E-state index contributed by atoms with van der Waals surface area (Å²) in [4.78, 5) is 61.0. The predicted molar refractivity (Wildman–Crippen MR) is 193 cm³/mol. The van der Waals surface area contributed by atoms with Gasteiger partial charge in [-0.05, 0) is 53.7 Å². The number of hydrogen-bond acceptors (Lipinski definition) is 11. The normalized spacial score (nSPS) is 14.9. The van der Waals surface area contributed by atoms with Crippen LogP contribution >= 0.6 is 0 Å². The van der Waals surface area contributed by atoms with Crippen molar-refractivity contribution >= 4 is 29.3 Å². The third kappa shape index (κ3) is 6.24. The summed E-state index contributed by atoms with van der Waals surface area (Å²) in [5.74, 6) is 1.61. The minimum absolute atomic E-state index is 0.145. The van der Waals surface area contributed by atoms with Crippen molar-refractivity contribution in [2.24, 2.45) is 0 Å². The van der Waals surface area contributed by atoms with Crippen LogP contribution in [0.2, 0.25) is 0 Å². The summed E-state index contributed by atoms with van der Waals surface area (Å²) >= 11 is 0. The van der Waals surface area contributed by atoms with Gasteiger partial charge in [-0.3, -0.25) is 14.4 Å². The molecule has 0 spiro atoms. The first-order chi connectivity index (χ1) is 25.5. The number of amides is 2. The number of benzene rings is 2. The van der Waals surface area contributed by atoms with Gasteiger partial charge in [-0.1, -0.05) is 36.4 Å². The van der Waals surface area contributed by atoms with Crippen LogP contribution in [-0.4, -0.2) is 61.3 Å². The van der Waals surface area contributed by atoms with E-state index in [0.717, 1.165) is 0 Å². The standard InChI is InChI=1S/C18H18FN7O.C18H17FN6O2/c1-9-21-16(25-26(9)8-10-6-4-5-7-11(10)19)15-22-13(20)12-14(23-15)24-17(27)18(12,2)3;1-9-20-15(24-25(9)8-10-6-4-5-7-11(10)19)14-21-13-12(16(26)22-14)18(2,3)17(27)23-13/h4-7H,8H2,1-3H3,(H3,20,22,23,24,27);4-7H,8H2,1-3H3,(H2,21,22,23,26,27). The van der Waals surface area contributed by atoms with Gasteiger partial charge in [-0.15, -0.1) is 10.2 Å². The van der Waals surface area contributed by atoms with Gasteiger partial charge in [0.05, 0.1) is 35.0 Å². The van der Waals surface area contributed by atoms with E-state index < -0.39 is 16.4 Å². The molecule has 6 heterocycles. The number of nitrogens with two attached hydrogens (primary N) is 1. The zero-order chi connectivity index (χ0) is 38.7. The number of nitrogens with one attached hydrogen (secondary N) is 3. The average Bonchev–Trinajstić information content (AvgIpc) is 3.80. The molecular weight excluding hydrogens is 700 g/mol. The number of fused-ring (bicyclic) bond motifs is 2. The summed E-state index contributed by atoms with van der Waals surface area (Å²) in [5, 5.41) is 14.1. The number of hydrogen-bond donors (Lipinski definition) is 4. The largest absolute Gasteiger partial charge is 0.383 e. The van der Waals surface area contributed by atoms with Gasteiger partial charge in [0.25, 0.3) is 5.56 Å². The lowest BCUT2D eigenvalue weighted by Gasteiger charge is -2.15. The molecule has 0 aliphatic carbocycles.